The standard InChI is InChI=1S/C14H24N4O2/c1-4-16-14(19)11-18(2)13-6-5-12(10-17-13)9-15-7-8-20-3/h5-6,10,15H,4,7-9,11H2,1-3H3,(H,16,19). The molecule has 6 nitrogen and oxygen atoms in total. The number of aromatic nitrogens is 1. The molecule has 0 unspecified atom stereocenters. The molecule has 1 aromatic rings. The lowest BCUT2D eigenvalue weighted by molar-refractivity contribution is -0.119. The van der Waals surface area contributed by atoms with Crippen molar-refractivity contribution in [3.05, 3.63) is 23.9 Å². The second kappa shape index (κ2) is 9.28. The monoisotopic (exact) mass is 280 g/mol. The van der Waals surface area contributed by atoms with Gasteiger partial charge >= 0.3 is 0 Å². The highest BCUT2D eigenvalue weighted by molar-refractivity contribution is 5.80. The molecule has 1 amide bonds. The van der Waals surface area contributed by atoms with Gasteiger partial charge in [0.1, 0.15) is 5.82 Å². The van der Waals surface area contributed by atoms with Crippen LogP contribution in [0.2, 0.25) is 0 Å². The summed E-state index contributed by atoms with van der Waals surface area (Å²) < 4.78 is 4.96. The molecule has 1 aromatic heterocycles. The first-order valence-corrected chi connectivity index (χ1v) is 6.79. The summed E-state index contributed by atoms with van der Waals surface area (Å²) in [6, 6.07) is 3.93. The fourth-order valence-corrected chi connectivity index (χ4v) is 1.70. The summed E-state index contributed by atoms with van der Waals surface area (Å²) in [5.74, 6) is 0.791. The molecule has 0 aromatic carbocycles. The van der Waals surface area contributed by atoms with Crippen molar-refractivity contribution in [3.63, 3.8) is 0 Å². The van der Waals surface area contributed by atoms with E-state index in [4.69, 9.17) is 4.74 Å². The van der Waals surface area contributed by atoms with Gasteiger partial charge in [-0.3, -0.25) is 4.79 Å². The van der Waals surface area contributed by atoms with Crippen LogP contribution < -0.4 is 15.5 Å². The minimum Gasteiger partial charge on any atom is -0.383 e. The lowest BCUT2D eigenvalue weighted by atomic mass is 10.2. The lowest BCUT2D eigenvalue weighted by Crippen LogP contribution is -2.35. The van der Waals surface area contributed by atoms with Crippen molar-refractivity contribution in [3.8, 4) is 0 Å². The number of nitrogens with zero attached hydrogens (tertiary/aromatic N) is 2. The Balaban J connectivity index is 2.42. The number of hydrogen-bond acceptors (Lipinski definition) is 5. The second-order valence-corrected chi connectivity index (χ2v) is 4.50. The molecule has 0 radical (unpaired) electrons. The number of carbonyl (C=O) groups is 1. The summed E-state index contributed by atoms with van der Waals surface area (Å²) in [6.45, 7) is 5.13. The number of pyridine rings is 1. The first-order chi connectivity index (χ1) is 9.67. The Morgan fingerprint density at radius 3 is 2.85 bits per heavy atom. The van der Waals surface area contributed by atoms with E-state index in [1.165, 1.54) is 0 Å². The third-order valence-corrected chi connectivity index (χ3v) is 2.77. The Hall–Kier alpha value is -1.66. The van der Waals surface area contributed by atoms with Gasteiger partial charge in [-0.15, -0.1) is 0 Å². The third kappa shape index (κ3) is 5.99. The van der Waals surface area contributed by atoms with Gasteiger partial charge < -0.3 is 20.3 Å². The molecule has 0 aliphatic heterocycles. The van der Waals surface area contributed by atoms with Gasteiger partial charge in [0.2, 0.25) is 5.91 Å². The fourth-order valence-electron chi connectivity index (χ4n) is 1.70. The van der Waals surface area contributed by atoms with Crippen LogP contribution in [0.1, 0.15) is 12.5 Å². The largest absolute Gasteiger partial charge is 0.383 e. The maximum atomic E-state index is 11.5. The molecule has 0 fully saturated rings. The van der Waals surface area contributed by atoms with E-state index in [1.54, 1.807) is 7.11 Å². The second-order valence-electron chi connectivity index (χ2n) is 4.50. The molecule has 2 N–H and O–H groups in total. The van der Waals surface area contributed by atoms with E-state index >= 15 is 0 Å². The van der Waals surface area contributed by atoms with Crippen molar-refractivity contribution in [2.45, 2.75) is 13.5 Å². The molecule has 0 aliphatic rings. The molecule has 0 atom stereocenters. The van der Waals surface area contributed by atoms with Crippen LogP contribution in [-0.4, -0.2) is 51.3 Å². The number of amides is 1. The highest BCUT2D eigenvalue weighted by Gasteiger charge is 2.07. The summed E-state index contributed by atoms with van der Waals surface area (Å²) >= 11 is 0. The van der Waals surface area contributed by atoms with Crippen molar-refractivity contribution in [1.82, 2.24) is 15.6 Å². The number of likely N-dealkylation sites (N-methyl/N-ethyl adjacent to an activating group) is 2. The van der Waals surface area contributed by atoms with Gasteiger partial charge in [0, 0.05) is 40.0 Å². The molecule has 0 bridgehead atoms. The minimum absolute atomic E-state index is 0.00195. The molecule has 20 heavy (non-hydrogen) atoms. The molecule has 6 heteroatoms. The van der Waals surface area contributed by atoms with Crippen LogP contribution in [0, 0.1) is 0 Å². The van der Waals surface area contributed by atoms with Gasteiger partial charge in [-0.25, -0.2) is 4.98 Å². The number of hydrogen-bond donors (Lipinski definition) is 2. The average molecular weight is 280 g/mol. The van der Waals surface area contributed by atoms with Crippen LogP contribution in [-0.2, 0) is 16.1 Å². The molecule has 0 saturated carbocycles. The molecule has 0 aliphatic carbocycles. The van der Waals surface area contributed by atoms with Crippen LogP contribution in [0.4, 0.5) is 5.82 Å². The maximum absolute atomic E-state index is 11.5. The van der Waals surface area contributed by atoms with E-state index < -0.39 is 0 Å². The number of anilines is 1. The third-order valence-electron chi connectivity index (χ3n) is 2.77. The Bertz CT molecular complexity index is 395. The van der Waals surface area contributed by atoms with Crippen molar-refractivity contribution in [2.24, 2.45) is 0 Å². The van der Waals surface area contributed by atoms with Gasteiger partial charge in [0.25, 0.3) is 0 Å². The van der Waals surface area contributed by atoms with Crippen molar-refractivity contribution in [2.75, 3.05) is 45.3 Å². The van der Waals surface area contributed by atoms with E-state index in [9.17, 15) is 4.79 Å². The molecule has 1 rings (SSSR count). The predicted molar refractivity (Wildman–Crippen MR) is 79.8 cm³/mol. The summed E-state index contributed by atoms with van der Waals surface area (Å²) in [7, 11) is 3.54. The summed E-state index contributed by atoms with van der Waals surface area (Å²) in [5.41, 5.74) is 1.11. The van der Waals surface area contributed by atoms with Crippen molar-refractivity contribution < 1.29 is 9.53 Å². The zero-order chi connectivity index (χ0) is 14.8. The van der Waals surface area contributed by atoms with Gasteiger partial charge in [-0.1, -0.05) is 6.07 Å². The van der Waals surface area contributed by atoms with E-state index in [2.05, 4.69) is 15.6 Å². The van der Waals surface area contributed by atoms with Crippen LogP contribution in [0.25, 0.3) is 0 Å². The van der Waals surface area contributed by atoms with E-state index in [-0.39, 0.29) is 5.91 Å². The molecule has 0 saturated heterocycles. The fraction of sp³-hybridized carbons (Fsp3) is 0.571. The first kappa shape index (κ1) is 16.4. The van der Waals surface area contributed by atoms with E-state index in [0.29, 0.717) is 19.7 Å². The van der Waals surface area contributed by atoms with Gasteiger partial charge in [0.15, 0.2) is 0 Å². The highest BCUT2D eigenvalue weighted by atomic mass is 16.5. The Kier molecular flexibility index (Phi) is 7.60. The average Bonchev–Trinajstić information content (AvgIpc) is 2.44. The maximum Gasteiger partial charge on any atom is 0.239 e. The number of carbonyl (C=O) groups excluding carboxylic acids is 1. The highest BCUT2D eigenvalue weighted by Crippen LogP contribution is 2.09. The first-order valence-electron chi connectivity index (χ1n) is 6.79. The van der Waals surface area contributed by atoms with E-state index in [1.807, 2.05) is 37.2 Å². The quantitative estimate of drug-likeness (QED) is 0.641. The summed E-state index contributed by atoms with van der Waals surface area (Å²) in [5, 5.41) is 6.02. The molecular formula is C14H24N4O2. The minimum atomic E-state index is 0.00195. The predicted octanol–water partition coefficient (Wildman–Crippen LogP) is 0.390. The lowest BCUT2D eigenvalue weighted by Gasteiger charge is -2.17. The zero-order valence-electron chi connectivity index (χ0n) is 12.5. The molecule has 0 spiro atoms. The van der Waals surface area contributed by atoms with Crippen LogP contribution in [0.3, 0.4) is 0 Å². The molecule has 112 valence electrons. The van der Waals surface area contributed by atoms with Crippen LogP contribution in [0.5, 0.6) is 0 Å². The Morgan fingerprint density at radius 1 is 1.45 bits per heavy atom. The number of ether oxygens (including phenoxy) is 1. The normalized spacial score (nSPS) is 10.3. The molecular weight excluding hydrogens is 256 g/mol. The summed E-state index contributed by atoms with van der Waals surface area (Å²) in [6.07, 6.45) is 1.82. The van der Waals surface area contributed by atoms with E-state index in [0.717, 1.165) is 24.5 Å². The van der Waals surface area contributed by atoms with Gasteiger partial charge in [-0.2, -0.15) is 0 Å². The number of nitrogens with one attached hydrogen (secondary N) is 2. The van der Waals surface area contributed by atoms with Crippen LogP contribution in [0.15, 0.2) is 18.3 Å². The topological polar surface area (TPSA) is 66.5 Å². The Labute approximate surface area is 120 Å². The van der Waals surface area contributed by atoms with Gasteiger partial charge in [0.05, 0.1) is 13.2 Å². The SMILES string of the molecule is CCNC(=O)CN(C)c1ccc(CNCCOC)cn1. The van der Waals surface area contributed by atoms with Crippen molar-refractivity contribution in [1.29, 1.82) is 0 Å². The van der Waals surface area contributed by atoms with Gasteiger partial charge in [-0.05, 0) is 18.6 Å². The number of rotatable bonds is 9. The smallest absolute Gasteiger partial charge is 0.239 e. The summed E-state index contributed by atoms with van der Waals surface area (Å²) in [4.78, 5) is 17.7. The Morgan fingerprint density at radius 2 is 2.25 bits per heavy atom. The molecule has 1 heterocycles. The van der Waals surface area contributed by atoms with Crippen molar-refractivity contribution >= 4 is 11.7 Å². The number of methoxy groups -OCH3 is 1. The zero-order valence-corrected chi connectivity index (χ0v) is 12.5. The van der Waals surface area contributed by atoms with Crippen LogP contribution >= 0.6 is 0 Å².